The van der Waals surface area contributed by atoms with E-state index in [-0.39, 0.29) is 11.7 Å². The van der Waals surface area contributed by atoms with Crippen LogP contribution < -0.4 is 5.73 Å². The third kappa shape index (κ3) is 3.19. The summed E-state index contributed by atoms with van der Waals surface area (Å²) in [5, 5.41) is 12.1. The number of rotatable bonds is 4. The van der Waals surface area contributed by atoms with Gasteiger partial charge >= 0.3 is 0 Å². The summed E-state index contributed by atoms with van der Waals surface area (Å²) in [4.78, 5) is 14.7. The van der Waals surface area contributed by atoms with Gasteiger partial charge in [-0.2, -0.15) is 0 Å². The first-order valence-electron chi connectivity index (χ1n) is 7.29. The van der Waals surface area contributed by atoms with Crippen LogP contribution in [0, 0.1) is 11.3 Å². The normalized spacial score (nSPS) is 22.2. The third-order valence-corrected chi connectivity index (χ3v) is 4.52. The summed E-state index contributed by atoms with van der Waals surface area (Å²) in [5.41, 5.74) is 4.95. The Labute approximate surface area is 115 Å². The molecule has 0 bridgehead atoms. The Morgan fingerprint density at radius 3 is 2.53 bits per heavy atom. The molecule has 1 fully saturated rings. The molecule has 0 aromatic heterocycles. The van der Waals surface area contributed by atoms with Crippen molar-refractivity contribution in [3.8, 4) is 0 Å². The monoisotopic (exact) mass is 269 g/mol. The van der Waals surface area contributed by atoms with E-state index in [1.54, 1.807) is 0 Å². The molecule has 0 aliphatic carbocycles. The molecule has 1 aliphatic rings. The third-order valence-electron chi connectivity index (χ3n) is 4.52. The van der Waals surface area contributed by atoms with E-state index >= 15 is 0 Å². The van der Waals surface area contributed by atoms with Gasteiger partial charge < -0.3 is 15.8 Å². The maximum atomic E-state index is 12.8. The fraction of sp³-hybridized carbons (Fsp3) is 0.857. The summed E-state index contributed by atoms with van der Waals surface area (Å²) in [7, 11) is 0. The van der Waals surface area contributed by atoms with Crippen LogP contribution in [0.4, 0.5) is 0 Å². The number of carbonyl (C=O) groups excluding carboxylic acids is 1. The second-order valence-electron chi connectivity index (χ2n) is 5.60. The number of nitrogens with two attached hydrogens (primary N) is 1. The first kappa shape index (κ1) is 15.8. The smallest absolute Gasteiger partial charge is 0.236 e. The molecule has 5 heteroatoms. The van der Waals surface area contributed by atoms with Crippen LogP contribution in [-0.4, -0.2) is 34.9 Å². The Morgan fingerprint density at radius 1 is 1.37 bits per heavy atom. The number of likely N-dealkylation sites (tertiary alicyclic amines) is 1. The van der Waals surface area contributed by atoms with Crippen molar-refractivity contribution in [1.29, 1.82) is 0 Å². The Hall–Kier alpha value is -1.26. The molecule has 0 saturated carbocycles. The topological polar surface area (TPSA) is 78.9 Å². The minimum Gasteiger partial charge on any atom is -0.409 e. The Bertz CT molecular complexity index is 338. The molecule has 1 atom stereocenters. The molecule has 0 aromatic rings. The van der Waals surface area contributed by atoms with Crippen molar-refractivity contribution in [1.82, 2.24) is 4.90 Å². The highest BCUT2D eigenvalue weighted by atomic mass is 16.4. The number of hydrogen-bond acceptors (Lipinski definition) is 3. The highest BCUT2D eigenvalue weighted by Gasteiger charge is 2.42. The average molecular weight is 269 g/mol. The van der Waals surface area contributed by atoms with Crippen LogP contribution in [0.1, 0.15) is 52.9 Å². The summed E-state index contributed by atoms with van der Waals surface area (Å²) >= 11 is 0. The second kappa shape index (κ2) is 6.78. The van der Waals surface area contributed by atoms with Crippen molar-refractivity contribution in [2.75, 3.05) is 13.1 Å². The van der Waals surface area contributed by atoms with Crippen LogP contribution in [-0.2, 0) is 4.79 Å². The van der Waals surface area contributed by atoms with Crippen LogP contribution in [0.5, 0.6) is 0 Å². The van der Waals surface area contributed by atoms with Gasteiger partial charge in [0.2, 0.25) is 5.91 Å². The molecule has 5 nitrogen and oxygen atoms in total. The lowest BCUT2D eigenvalue weighted by Crippen LogP contribution is -2.51. The largest absolute Gasteiger partial charge is 0.409 e. The summed E-state index contributed by atoms with van der Waals surface area (Å²) in [5.74, 6) is 0.723. The lowest BCUT2D eigenvalue weighted by molar-refractivity contribution is -0.138. The van der Waals surface area contributed by atoms with E-state index in [1.165, 1.54) is 6.42 Å². The van der Waals surface area contributed by atoms with Gasteiger partial charge in [0.25, 0.3) is 0 Å². The number of carbonyl (C=O) groups is 1. The van der Waals surface area contributed by atoms with Gasteiger partial charge in [0, 0.05) is 13.1 Å². The summed E-state index contributed by atoms with van der Waals surface area (Å²) in [6.07, 6.45) is 4.35. The summed E-state index contributed by atoms with van der Waals surface area (Å²) in [6, 6.07) is 0. The first-order valence-corrected chi connectivity index (χ1v) is 7.29. The van der Waals surface area contributed by atoms with E-state index in [2.05, 4.69) is 12.1 Å². The highest BCUT2D eigenvalue weighted by molar-refractivity contribution is 6.06. The minimum atomic E-state index is -0.845. The molecule has 1 rings (SSSR count). The fourth-order valence-corrected chi connectivity index (χ4v) is 2.89. The van der Waals surface area contributed by atoms with E-state index < -0.39 is 5.41 Å². The van der Waals surface area contributed by atoms with Gasteiger partial charge in [-0.1, -0.05) is 25.9 Å². The molecule has 0 radical (unpaired) electrons. The first-order chi connectivity index (χ1) is 9.01. The zero-order valence-corrected chi connectivity index (χ0v) is 12.4. The number of nitrogens with zero attached hydrogens (tertiary/aromatic N) is 2. The Morgan fingerprint density at radius 2 is 2.00 bits per heavy atom. The van der Waals surface area contributed by atoms with Crippen LogP contribution in [0.2, 0.25) is 0 Å². The van der Waals surface area contributed by atoms with Gasteiger partial charge in [-0.05, 0) is 38.0 Å². The predicted octanol–water partition coefficient (Wildman–Crippen LogP) is 2.19. The number of hydrogen-bond donors (Lipinski definition) is 2. The van der Waals surface area contributed by atoms with Crippen molar-refractivity contribution in [3.05, 3.63) is 0 Å². The maximum absolute atomic E-state index is 12.8. The van der Waals surface area contributed by atoms with Crippen molar-refractivity contribution >= 4 is 11.7 Å². The lowest BCUT2D eigenvalue weighted by Gasteiger charge is -2.34. The quantitative estimate of drug-likeness (QED) is 0.355. The van der Waals surface area contributed by atoms with E-state index in [0.717, 1.165) is 25.9 Å². The lowest BCUT2D eigenvalue weighted by atomic mass is 9.79. The SMILES string of the molecule is CCC(CC)(C(=O)N1CCCC(C)CC1)C(N)=NO. The molecule has 1 heterocycles. The van der Waals surface area contributed by atoms with Crippen molar-refractivity contribution in [2.24, 2.45) is 22.2 Å². The van der Waals surface area contributed by atoms with Gasteiger partial charge in [0.05, 0.1) is 0 Å². The molecule has 0 spiro atoms. The molecule has 0 aromatic carbocycles. The molecule has 1 saturated heterocycles. The Balaban J connectivity index is 2.93. The van der Waals surface area contributed by atoms with Gasteiger partial charge in [0.15, 0.2) is 5.84 Å². The number of amides is 1. The van der Waals surface area contributed by atoms with Crippen LogP contribution >= 0.6 is 0 Å². The predicted molar refractivity (Wildman–Crippen MR) is 76.0 cm³/mol. The molecule has 3 N–H and O–H groups in total. The van der Waals surface area contributed by atoms with Gasteiger partial charge in [-0.15, -0.1) is 0 Å². The summed E-state index contributed by atoms with van der Waals surface area (Å²) < 4.78 is 0. The van der Waals surface area contributed by atoms with Crippen molar-refractivity contribution < 1.29 is 10.0 Å². The molecular formula is C14H27N3O2. The van der Waals surface area contributed by atoms with Crippen LogP contribution in [0.15, 0.2) is 5.16 Å². The zero-order valence-electron chi connectivity index (χ0n) is 12.4. The number of amidine groups is 1. The summed E-state index contributed by atoms with van der Waals surface area (Å²) in [6.45, 7) is 7.62. The zero-order chi connectivity index (χ0) is 14.5. The van der Waals surface area contributed by atoms with Crippen LogP contribution in [0.25, 0.3) is 0 Å². The minimum absolute atomic E-state index is 0.0156. The molecule has 1 unspecified atom stereocenters. The molecular weight excluding hydrogens is 242 g/mol. The molecule has 1 aliphatic heterocycles. The van der Waals surface area contributed by atoms with E-state index in [9.17, 15) is 4.79 Å². The van der Waals surface area contributed by atoms with Gasteiger partial charge in [-0.3, -0.25) is 4.79 Å². The average Bonchev–Trinajstić information content (AvgIpc) is 2.65. The molecule has 1 amide bonds. The van der Waals surface area contributed by atoms with E-state index in [1.807, 2.05) is 18.7 Å². The second-order valence-corrected chi connectivity index (χ2v) is 5.60. The van der Waals surface area contributed by atoms with E-state index in [4.69, 9.17) is 10.9 Å². The Kier molecular flexibility index (Phi) is 5.63. The van der Waals surface area contributed by atoms with Gasteiger partial charge in [-0.25, -0.2) is 0 Å². The number of oxime groups is 1. The van der Waals surface area contributed by atoms with E-state index in [0.29, 0.717) is 18.8 Å². The van der Waals surface area contributed by atoms with Crippen molar-refractivity contribution in [3.63, 3.8) is 0 Å². The highest BCUT2D eigenvalue weighted by Crippen LogP contribution is 2.31. The maximum Gasteiger partial charge on any atom is 0.236 e. The van der Waals surface area contributed by atoms with Gasteiger partial charge in [0.1, 0.15) is 5.41 Å². The van der Waals surface area contributed by atoms with Crippen LogP contribution in [0.3, 0.4) is 0 Å². The van der Waals surface area contributed by atoms with Crippen molar-refractivity contribution in [2.45, 2.75) is 52.9 Å². The molecule has 110 valence electrons. The standard InChI is InChI=1S/C14H27N3O2/c1-4-14(5-2,12(15)16-19)13(18)17-9-6-7-11(3)8-10-17/h11,19H,4-10H2,1-3H3,(H2,15,16). The fourth-order valence-electron chi connectivity index (χ4n) is 2.89. The molecule has 19 heavy (non-hydrogen) atoms.